The first-order valence-corrected chi connectivity index (χ1v) is 6.05. The second kappa shape index (κ2) is 5.75. The number of rotatable bonds is 5. The van der Waals surface area contributed by atoms with Crippen LogP contribution < -0.4 is 11.3 Å². The van der Waals surface area contributed by atoms with Crippen LogP contribution in [-0.4, -0.2) is 14.8 Å². The van der Waals surface area contributed by atoms with Gasteiger partial charge in [0, 0.05) is 31.2 Å². The van der Waals surface area contributed by atoms with E-state index >= 15 is 0 Å². The molecule has 0 aliphatic carbocycles. The van der Waals surface area contributed by atoms with E-state index in [1.54, 1.807) is 0 Å². The third-order valence-corrected chi connectivity index (χ3v) is 3.02. The minimum atomic E-state index is 0.123. The van der Waals surface area contributed by atoms with Crippen LogP contribution in [0, 0.1) is 6.92 Å². The van der Waals surface area contributed by atoms with Crippen LogP contribution in [0.4, 0.5) is 0 Å². The van der Waals surface area contributed by atoms with E-state index in [1.165, 1.54) is 5.56 Å². The van der Waals surface area contributed by atoms with E-state index in [-0.39, 0.29) is 6.04 Å². The van der Waals surface area contributed by atoms with Crippen LogP contribution in [0.5, 0.6) is 0 Å². The summed E-state index contributed by atoms with van der Waals surface area (Å²) in [4.78, 5) is 4.30. The topological polar surface area (TPSA) is 68.8 Å². The molecule has 0 saturated carbocycles. The molecule has 2 heterocycles. The van der Waals surface area contributed by atoms with Gasteiger partial charge in [0.1, 0.15) is 0 Å². The summed E-state index contributed by atoms with van der Waals surface area (Å²) in [6.07, 6.45) is 7.66. The third kappa shape index (κ3) is 3.15. The molecular formula is C13H19N5. The fourth-order valence-corrected chi connectivity index (χ4v) is 1.94. The van der Waals surface area contributed by atoms with Crippen LogP contribution in [0.15, 0.2) is 30.7 Å². The number of aromatic nitrogens is 3. The molecule has 0 saturated heterocycles. The molecule has 1 unspecified atom stereocenters. The van der Waals surface area contributed by atoms with E-state index in [0.717, 1.165) is 24.1 Å². The lowest BCUT2D eigenvalue weighted by atomic mass is 10.0. The molecule has 5 nitrogen and oxygen atoms in total. The molecule has 2 aromatic heterocycles. The van der Waals surface area contributed by atoms with Gasteiger partial charge in [0.05, 0.1) is 6.20 Å². The molecule has 2 aromatic rings. The first kappa shape index (κ1) is 12.7. The first-order valence-electron chi connectivity index (χ1n) is 6.05. The van der Waals surface area contributed by atoms with Gasteiger partial charge in [-0.2, -0.15) is 5.10 Å². The van der Waals surface area contributed by atoms with Crippen LogP contribution in [0.1, 0.15) is 29.3 Å². The van der Waals surface area contributed by atoms with Crippen molar-refractivity contribution in [3.05, 3.63) is 47.5 Å². The van der Waals surface area contributed by atoms with E-state index < -0.39 is 0 Å². The Bertz CT molecular complexity index is 488. The van der Waals surface area contributed by atoms with Crippen molar-refractivity contribution >= 4 is 0 Å². The number of nitrogens with two attached hydrogens (primary N) is 1. The van der Waals surface area contributed by atoms with Gasteiger partial charge in [-0.1, -0.05) is 6.07 Å². The van der Waals surface area contributed by atoms with Gasteiger partial charge in [-0.05, 0) is 37.0 Å². The van der Waals surface area contributed by atoms with Gasteiger partial charge in [-0.25, -0.2) is 0 Å². The Morgan fingerprint density at radius 2 is 2.22 bits per heavy atom. The van der Waals surface area contributed by atoms with E-state index in [4.69, 9.17) is 5.84 Å². The Hall–Kier alpha value is -1.72. The summed E-state index contributed by atoms with van der Waals surface area (Å²) in [5.41, 5.74) is 6.20. The van der Waals surface area contributed by atoms with Crippen molar-refractivity contribution in [2.24, 2.45) is 12.9 Å². The molecule has 0 radical (unpaired) electrons. The van der Waals surface area contributed by atoms with Gasteiger partial charge in [-0.3, -0.25) is 20.9 Å². The third-order valence-electron chi connectivity index (χ3n) is 3.02. The number of aryl methyl sites for hydroxylation is 3. The molecule has 5 heteroatoms. The Balaban J connectivity index is 1.99. The molecule has 0 aliphatic heterocycles. The quantitative estimate of drug-likeness (QED) is 0.614. The second-order valence-electron chi connectivity index (χ2n) is 4.51. The fourth-order valence-electron chi connectivity index (χ4n) is 1.94. The highest BCUT2D eigenvalue weighted by atomic mass is 15.2. The second-order valence-corrected chi connectivity index (χ2v) is 4.51. The molecule has 18 heavy (non-hydrogen) atoms. The number of hydrogen-bond acceptors (Lipinski definition) is 4. The van der Waals surface area contributed by atoms with Crippen LogP contribution in [0.3, 0.4) is 0 Å². The van der Waals surface area contributed by atoms with Crippen molar-refractivity contribution in [3.63, 3.8) is 0 Å². The molecule has 0 aliphatic rings. The Labute approximate surface area is 107 Å². The van der Waals surface area contributed by atoms with E-state index in [2.05, 4.69) is 21.6 Å². The summed E-state index contributed by atoms with van der Waals surface area (Å²) < 4.78 is 1.81. The predicted octanol–water partition coefficient (Wildman–Crippen LogP) is 1.26. The van der Waals surface area contributed by atoms with Crippen molar-refractivity contribution in [1.29, 1.82) is 0 Å². The largest absolute Gasteiger partial charge is 0.276 e. The number of pyridine rings is 1. The van der Waals surface area contributed by atoms with Crippen molar-refractivity contribution in [2.45, 2.75) is 25.8 Å². The van der Waals surface area contributed by atoms with Crippen LogP contribution in [-0.2, 0) is 13.5 Å². The lowest BCUT2D eigenvalue weighted by Crippen LogP contribution is -2.28. The molecule has 3 N–H and O–H groups in total. The molecule has 0 aromatic carbocycles. The average Bonchev–Trinajstić information content (AvgIpc) is 2.78. The smallest absolute Gasteiger partial charge is 0.0521 e. The molecule has 0 amide bonds. The summed E-state index contributed by atoms with van der Waals surface area (Å²) in [5.74, 6) is 5.61. The maximum absolute atomic E-state index is 5.61. The van der Waals surface area contributed by atoms with Crippen molar-refractivity contribution in [3.8, 4) is 0 Å². The number of nitrogens with zero attached hydrogens (tertiary/aromatic N) is 3. The van der Waals surface area contributed by atoms with Crippen molar-refractivity contribution in [1.82, 2.24) is 20.2 Å². The number of nitrogens with one attached hydrogen (secondary N) is 1. The van der Waals surface area contributed by atoms with Crippen LogP contribution in [0.25, 0.3) is 0 Å². The molecular weight excluding hydrogens is 226 g/mol. The Kier molecular flexibility index (Phi) is 4.07. The van der Waals surface area contributed by atoms with Crippen molar-refractivity contribution < 1.29 is 0 Å². The summed E-state index contributed by atoms with van der Waals surface area (Å²) in [5, 5.41) is 4.16. The van der Waals surface area contributed by atoms with Crippen LogP contribution in [0.2, 0.25) is 0 Å². The summed E-state index contributed by atoms with van der Waals surface area (Å²) in [7, 11) is 1.92. The van der Waals surface area contributed by atoms with Crippen LogP contribution >= 0.6 is 0 Å². The highest BCUT2D eigenvalue weighted by molar-refractivity contribution is 5.17. The van der Waals surface area contributed by atoms with E-state index in [9.17, 15) is 0 Å². The van der Waals surface area contributed by atoms with Gasteiger partial charge in [0.2, 0.25) is 0 Å². The zero-order chi connectivity index (χ0) is 13.0. The van der Waals surface area contributed by atoms with Gasteiger partial charge in [-0.15, -0.1) is 0 Å². The Morgan fingerprint density at radius 1 is 1.39 bits per heavy atom. The van der Waals surface area contributed by atoms with Gasteiger partial charge in [0.15, 0.2) is 0 Å². The van der Waals surface area contributed by atoms with Crippen molar-refractivity contribution in [2.75, 3.05) is 0 Å². The maximum Gasteiger partial charge on any atom is 0.0521 e. The number of hydrazine groups is 1. The predicted molar refractivity (Wildman–Crippen MR) is 70.6 cm³/mol. The zero-order valence-electron chi connectivity index (χ0n) is 10.8. The summed E-state index contributed by atoms with van der Waals surface area (Å²) in [6.45, 7) is 1.98. The Morgan fingerprint density at radius 3 is 2.78 bits per heavy atom. The molecule has 2 rings (SSSR count). The minimum absolute atomic E-state index is 0.123. The molecule has 0 spiro atoms. The molecule has 96 valence electrons. The monoisotopic (exact) mass is 245 g/mol. The van der Waals surface area contributed by atoms with E-state index in [1.807, 2.05) is 43.3 Å². The highest BCUT2D eigenvalue weighted by Gasteiger charge is 2.10. The lowest BCUT2D eigenvalue weighted by molar-refractivity contribution is 0.514. The normalized spacial score (nSPS) is 12.6. The van der Waals surface area contributed by atoms with Gasteiger partial charge < -0.3 is 0 Å². The summed E-state index contributed by atoms with van der Waals surface area (Å²) >= 11 is 0. The zero-order valence-corrected chi connectivity index (χ0v) is 10.8. The standard InChI is InChI=1S/C13H19N5/c1-10-3-5-12(8-15-10)13(17-14)6-4-11-7-16-18(2)9-11/h3,5,7-9,13,17H,4,6,14H2,1-2H3. The maximum atomic E-state index is 5.61. The summed E-state index contributed by atoms with van der Waals surface area (Å²) in [6, 6.07) is 4.19. The molecule has 0 bridgehead atoms. The van der Waals surface area contributed by atoms with Gasteiger partial charge in [0.25, 0.3) is 0 Å². The number of hydrogen-bond donors (Lipinski definition) is 2. The highest BCUT2D eigenvalue weighted by Crippen LogP contribution is 2.17. The SMILES string of the molecule is Cc1ccc(C(CCc2cnn(C)c2)NN)cn1. The molecule has 0 fully saturated rings. The van der Waals surface area contributed by atoms with Gasteiger partial charge >= 0.3 is 0 Å². The fraction of sp³-hybridized carbons (Fsp3) is 0.385. The lowest BCUT2D eigenvalue weighted by Gasteiger charge is -2.15. The average molecular weight is 245 g/mol. The minimum Gasteiger partial charge on any atom is -0.276 e. The molecule has 1 atom stereocenters. The first-order chi connectivity index (χ1) is 8.69. The van der Waals surface area contributed by atoms with E-state index in [0.29, 0.717) is 0 Å².